The van der Waals surface area contributed by atoms with Crippen LogP contribution in [0.3, 0.4) is 0 Å². The fourth-order valence-electron chi connectivity index (χ4n) is 4.61. The molecule has 2 aromatic carbocycles. The maximum Gasteiger partial charge on any atom is 0.245 e. The van der Waals surface area contributed by atoms with Gasteiger partial charge >= 0.3 is 0 Å². The summed E-state index contributed by atoms with van der Waals surface area (Å²) < 4.78 is 36.6. The number of piperidine rings is 1. The maximum absolute atomic E-state index is 13.4. The SMILES string of the molecule is O=C([C@@H]1CCCN(S(=O)(=O)c2cccc3nsnc23)C1)N1CCN(c2cccc(Cl)c2)CC1. The highest BCUT2D eigenvalue weighted by atomic mass is 35.5. The molecule has 2 aliphatic heterocycles. The molecule has 3 aromatic rings. The third kappa shape index (κ3) is 4.44. The highest BCUT2D eigenvalue weighted by Crippen LogP contribution is 2.29. The number of rotatable bonds is 4. The number of nitrogens with zero attached hydrogens (tertiary/aromatic N) is 5. The lowest BCUT2D eigenvalue weighted by molar-refractivity contribution is -0.137. The molecular weight excluding hydrogens is 482 g/mol. The van der Waals surface area contributed by atoms with Crippen LogP contribution in [-0.4, -0.2) is 71.5 Å². The van der Waals surface area contributed by atoms with E-state index in [1.165, 1.54) is 4.31 Å². The highest BCUT2D eigenvalue weighted by molar-refractivity contribution is 7.89. The van der Waals surface area contributed by atoms with E-state index in [2.05, 4.69) is 13.6 Å². The molecule has 5 rings (SSSR count). The Morgan fingerprint density at radius 2 is 1.82 bits per heavy atom. The third-order valence-electron chi connectivity index (χ3n) is 6.36. The van der Waals surface area contributed by atoms with Crippen LogP contribution in [0.15, 0.2) is 47.4 Å². The van der Waals surface area contributed by atoms with Crippen molar-refractivity contribution < 1.29 is 13.2 Å². The number of carbonyl (C=O) groups is 1. The van der Waals surface area contributed by atoms with Crippen LogP contribution in [0.5, 0.6) is 0 Å². The minimum absolute atomic E-state index is 0.0363. The van der Waals surface area contributed by atoms with Gasteiger partial charge in [-0.2, -0.15) is 13.1 Å². The van der Waals surface area contributed by atoms with Crippen LogP contribution in [0, 0.1) is 5.92 Å². The average Bonchev–Trinajstić information content (AvgIpc) is 3.33. The molecule has 0 bridgehead atoms. The summed E-state index contributed by atoms with van der Waals surface area (Å²) in [6, 6.07) is 12.7. The Balaban J connectivity index is 1.26. The minimum Gasteiger partial charge on any atom is -0.368 e. The van der Waals surface area contributed by atoms with Crippen molar-refractivity contribution in [2.45, 2.75) is 17.7 Å². The van der Waals surface area contributed by atoms with Crippen molar-refractivity contribution in [3.05, 3.63) is 47.5 Å². The van der Waals surface area contributed by atoms with Crippen molar-refractivity contribution in [3.63, 3.8) is 0 Å². The zero-order valence-corrected chi connectivity index (χ0v) is 20.3. The Morgan fingerprint density at radius 3 is 2.61 bits per heavy atom. The van der Waals surface area contributed by atoms with Crippen molar-refractivity contribution in [3.8, 4) is 0 Å². The third-order valence-corrected chi connectivity index (χ3v) is 9.04. The van der Waals surface area contributed by atoms with Gasteiger partial charge in [-0.25, -0.2) is 8.42 Å². The van der Waals surface area contributed by atoms with Crippen LogP contribution in [-0.2, 0) is 14.8 Å². The number of piperazine rings is 1. The predicted molar refractivity (Wildman–Crippen MR) is 129 cm³/mol. The summed E-state index contributed by atoms with van der Waals surface area (Å²) in [7, 11) is -3.76. The van der Waals surface area contributed by atoms with E-state index in [0.29, 0.717) is 48.5 Å². The first kappa shape index (κ1) is 22.5. The van der Waals surface area contributed by atoms with E-state index in [1.807, 2.05) is 29.2 Å². The molecule has 0 saturated carbocycles. The lowest BCUT2D eigenvalue weighted by Gasteiger charge is -2.39. The van der Waals surface area contributed by atoms with Gasteiger partial charge in [-0.1, -0.05) is 23.7 Å². The molecule has 1 atom stereocenters. The smallest absolute Gasteiger partial charge is 0.245 e. The van der Waals surface area contributed by atoms with Gasteiger partial charge in [0.05, 0.1) is 17.6 Å². The number of fused-ring (bicyclic) bond motifs is 1. The van der Waals surface area contributed by atoms with Gasteiger partial charge in [-0.05, 0) is 43.2 Å². The molecule has 0 spiro atoms. The first-order valence-electron chi connectivity index (χ1n) is 10.9. The molecule has 174 valence electrons. The van der Waals surface area contributed by atoms with Gasteiger partial charge in [-0.15, -0.1) is 0 Å². The lowest BCUT2D eigenvalue weighted by atomic mass is 9.97. The van der Waals surface area contributed by atoms with E-state index < -0.39 is 10.0 Å². The number of hydrogen-bond donors (Lipinski definition) is 0. The molecule has 2 aliphatic rings. The zero-order valence-electron chi connectivity index (χ0n) is 17.9. The summed E-state index contributed by atoms with van der Waals surface area (Å²) in [5.41, 5.74) is 2.02. The number of halogens is 1. The van der Waals surface area contributed by atoms with Crippen molar-refractivity contribution in [2.24, 2.45) is 5.92 Å². The molecule has 0 unspecified atom stereocenters. The van der Waals surface area contributed by atoms with Crippen molar-refractivity contribution >= 4 is 56.0 Å². The summed E-state index contributed by atoms with van der Waals surface area (Å²) >= 11 is 7.11. The van der Waals surface area contributed by atoms with Gasteiger partial charge in [0.1, 0.15) is 15.9 Å². The minimum atomic E-state index is -3.76. The molecule has 33 heavy (non-hydrogen) atoms. The van der Waals surface area contributed by atoms with Crippen LogP contribution in [0.2, 0.25) is 5.02 Å². The Kier molecular flexibility index (Phi) is 6.26. The summed E-state index contributed by atoms with van der Waals surface area (Å²) in [6.07, 6.45) is 1.35. The molecule has 8 nitrogen and oxygen atoms in total. The van der Waals surface area contributed by atoms with Gasteiger partial charge in [0, 0.05) is 50.0 Å². The fourth-order valence-corrected chi connectivity index (χ4v) is 7.07. The maximum atomic E-state index is 13.4. The molecule has 1 aromatic heterocycles. The first-order valence-corrected chi connectivity index (χ1v) is 13.5. The van der Waals surface area contributed by atoms with Gasteiger partial charge < -0.3 is 9.80 Å². The van der Waals surface area contributed by atoms with Gasteiger partial charge in [0.15, 0.2) is 0 Å². The monoisotopic (exact) mass is 505 g/mol. The Hall–Kier alpha value is -2.27. The van der Waals surface area contributed by atoms with Crippen LogP contribution in [0.25, 0.3) is 11.0 Å². The number of aromatic nitrogens is 2. The van der Waals surface area contributed by atoms with Gasteiger partial charge in [0.25, 0.3) is 0 Å². The van der Waals surface area contributed by atoms with E-state index in [1.54, 1.807) is 18.2 Å². The summed E-state index contributed by atoms with van der Waals surface area (Å²) in [5, 5.41) is 0.693. The zero-order chi connectivity index (χ0) is 23.0. The normalized spacial score (nSPS) is 20.3. The quantitative estimate of drug-likeness (QED) is 0.541. The van der Waals surface area contributed by atoms with Crippen molar-refractivity contribution in [2.75, 3.05) is 44.2 Å². The second-order valence-electron chi connectivity index (χ2n) is 8.38. The Labute approximate surface area is 202 Å². The number of carbonyl (C=O) groups excluding carboxylic acids is 1. The van der Waals surface area contributed by atoms with E-state index in [4.69, 9.17) is 11.6 Å². The summed E-state index contributed by atoms with van der Waals surface area (Å²) in [4.78, 5) is 17.5. The Morgan fingerprint density at radius 1 is 1.03 bits per heavy atom. The average molecular weight is 506 g/mol. The van der Waals surface area contributed by atoms with Crippen molar-refractivity contribution in [1.82, 2.24) is 18.0 Å². The second-order valence-corrected chi connectivity index (χ2v) is 11.3. The molecule has 2 saturated heterocycles. The molecule has 1 amide bonds. The van der Waals surface area contributed by atoms with Crippen LogP contribution < -0.4 is 4.90 Å². The van der Waals surface area contributed by atoms with E-state index in [-0.39, 0.29) is 23.3 Å². The van der Waals surface area contributed by atoms with Gasteiger partial charge in [0.2, 0.25) is 15.9 Å². The number of sulfonamides is 1. The topological polar surface area (TPSA) is 86.7 Å². The van der Waals surface area contributed by atoms with Crippen LogP contribution >= 0.6 is 23.3 Å². The lowest BCUT2D eigenvalue weighted by Crippen LogP contribution is -2.53. The molecule has 2 fully saturated rings. The number of hydrogen-bond acceptors (Lipinski definition) is 7. The molecule has 0 radical (unpaired) electrons. The molecule has 0 N–H and O–H groups in total. The van der Waals surface area contributed by atoms with Crippen LogP contribution in [0.4, 0.5) is 5.69 Å². The van der Waals surface area contributed by atoms with Crippen molar-refractivity contribution in [1.29, 1.82) is 0 Å². The fraction of sp³-hybridized carbons (Fsp3) is 0.409. The van der Waals surface area contributed by atoms with E-state index in [0.717, 1.165) is 30.5 Å². The first-order chi connectivity index (χ1) is 15.9. The molecule has 0 aliphatic carbocycles. The summed E-state index contributed by atoms with van der Waals surface area (Å²) in [5.74, 6) is -0.298. The number of benzene rings is 2. The number of amides is 1. The predicted octanol–water partition coefficient (Wildman–Crippen LogP) is 3.09. The number of anilines is 1. The van der Waals surface area contributed by atoms with Crippen LogP contribution in [0.1, 0.15) is 12.8 Å². The van der Waals surface area contributed by atoms with E-state index >= 15 is 0 Å². The summed E-state index contributed by atoms with van der Waals surface area (Å²) in [6.45, 7) is 3.27. The second kappa shape index (κ2) is 9.17. The molecular formula is C22H24ClN5O3S2. The largest absolute Gasteiger partial charge is 0.368 e. The highest BCUT2D eigenvalue weighted by Gasteiger charge is 2.36. The molecule has 3 heterocycles. The Bertz CT molecular complexity index is 1270. The van der Waals surface area contributed by atoms with Gasteiger partial charge in [-0.3, -0.25) is 4.79 Å². The van der Waals surface area contributed by atoms with E-state index in [9.17, 15) is 13.2 Å². The standard InChI is InChI=1S/C22H24ClN5O3S2/c23-17-5-1-6-18(14-17)26-10-12-27(13-11-26)22(29)16-4-3-9-28(15-16)33(30,31)20-8-2-7-19-21(20)25-32-24-19/h1-2,5-8,14,16H,3-4,9-13,15H2/t16-/m1/s1. The molecule has 11 heteroatoms.